The molecule has 0 atom stereocenters. The summed E-state index contributed by atoms with van der Waals surface area (Å²) in [6, 6.07) is 12.3. The van der Waals surface area contributed by atoms with Gasteiger partial charge in [0.25, 0.3) is 0 Å². The van der Waals surface area contributed by atoms with Gasteiger partial charge in [0.05, 0.1) is 0 Å². The molecule has 0 spiro atoms. The van der Waals surface area contributed by atoms with E-state index in [-0.39, 0.29) is 0 Å². The molecule has 3 nitrogen and oxygen atoms in total. The van der Waals surface area contributed by atoms with E-state index in [4.69, 9.17) is 0 Å². The Morgan fingerprint density at radius 3 is 2.71 bits per heavy atom. The molecular weight excluding hydrogens is 273 g/mol. The second kappa shape index (κ2) is 4.34. The van der Waals surface area contributed by atoms with E-state index in [0.717, 1.165) is 27.8 Å². The zero-order valence-electron chi connectivity index (χ0n) is 9.09. The summed E-state index contributed by atoms with van der Waals surface area (Å²) in [5.41, 5.74) is 4.06. The van der Waals surface area contributed by atoms with E-state index >= 15 is 0 Å². The van der Waals surface area contributed by atoms with Crippen LogP contribution in [0.4, 0.5) is 0 Å². The molecule has 2 aromatic heterocycles. The zero-order valence-corrected chi connectivity index (χ0v) is 11.0. The van der Waals surface area contributed by atoms with Crippen molar-refractivity contribution in [3.05, 3.63) is 48.4 Å². The van der Waals surface area contributed by atoms with Crippen LogP contribution in [0.15, 0.2) is 42.6 Å². The summed E-state index contributed by atoms with van der Waals surface area (Å²) in [6.07, 6.45) is 1.87. The van der Waals surface area contributed by atoms with Crippen LogP contribution in [-0.4, -0.2) is 31.8 Å². The molecule has 82 valence electrons. The van der Waals surface area contributed by atoms with Crippen LogP contribution in [0.1, 0.15) is 5.82 Å². The molecule has 0 aliphatic carbocycles. The molecular formula is C13H10AsN3. The fourth-order valence-electron chi connectivity index (χ4n) is 1.81. The minimum absolute atomic E-state index is 0.783. The molecule has 2 heterocycles. The Bertz CT molecular complexity index is 646. The average Bonchev–Trinajstić information content (AvgIpc) is 2.81. The number of hydrogen-bond donors (Lipinski definition) is 1. The van der Waals surface area contributed by atoms with Gasteiger partial charge in [0, 0.05) is 0 Å². The second-order valence-corrected chi connectivity index (χ2v) is 4.47. The van der Waals surface area contributed by atoms with Gasteiger partial charge in [-0.05, 0) is 0 Å². The number of imidazole rings is 1. The first kappa shape index (κ1) is 10.5. The average molecular weight is 283 g/mol. The van der Waals surface area contributed by atoms with E-state index in [1.807, 2.05) is 24.4 Å². The molecule has 0 aliphatic heterocycles. The number of hydrogen-bond acceptors (Lipinski definition) is 2. The Morgan fingerprint density at radius 2 is 1.94 bits per heavy atom. The number of pyridine rings is 1. The molecule has 0 bridgehead atoms. The van der Waals surface area contributed by atoms with Gasteiger partial charge in [-0.15, -0.1) is 0 Å². The van der Waals surface area contributed by atoms with Crippen LogP contribution in [0.2, 0.25) is 0 Å². The van der Waals surface area contributed by atoms with Crippen LogP contribution in [0.5, 0.6) is 0 Å². The minimum atomic E-state index is 0.783. The quantitative estimate of drug-likeness (QED) is 0.733. The van der Waals surface area contributed by atoms with E-state index in [0.29, 0.717) is 0 Å². The summed E-state index contributed by atoms with van der Waals surface area (Å²) in [5, 5.41) is 0.837. The molecule has 0 unspecified atom stereocenters. The molecule has 0 aliphatic rings. The molecule has 0 saturated carbocycles. The molecule has 3 aromatic rings. The van der Waals surface area contributed by atoms with Crippen LogP contribution in [0.3, 0.4) is 0 Å². The summed E-state index contributed by atoms with van der Waals surface area (Å²) in [7, 11) is 0. The van der Waals surface area contributed by atoms with Crippen molar-refractivity contribution in [3.8, 4) is 11.1 Å². The van der Waals surface area contributed by atoms with Crippen molar-refractivity contribution in [1.29, 1.82) is 0 Å². The van der Waals surface area contributed by atoms with E-state index in [1.54, 1.807) is 0 Å². The fourth-order valence-corrected chi connectivity index (χ4v) is 2.13. The number of nitrogens with one attached hydrogen (secondary N) is 1. The van der Waals surface area contributed by atoms with E-state index in [1.165, 1.54) is 5.56 Å². The normalized spacial score (nSPS) is 10.9. The Labute approximate surface area is 108 Å². The molecule has 4 heteroatoms. The van der Waals surface area contributed by atoms with Gasteiger partial charge in [-0.3, -0.25) is 0 Å². The van der Waals surface area contributed by atoms with Crippen molar-refractivity contribution >= 4 is 28.0 Å². The molecule has 0 fully saturated rings. The first-order valence-electron chi connectivity index (χ1n) is 5.38. The van der Waals surface area contributed by atoms with Crippen molar-refractivity contribution in [2.24, 2.45) is 0 Å². The SMILES string of the molecule is [As]Cc1nc2ncc(-c3ccccc3)cc2[nH]1. The van der Waals surface area contributed by atoms with E-state index < -0.39 is 0 Å². The Balaban J connectivity index is 2.13. The Kier molecular flexibility index (Phi) is 2.69. The van der Waals surface area contributed by atoms with Gasteiger partial charge in [-0.1, -0.05) is 0 Å². The molecule has 1 aromatic carbocycles. The van der Waals surface area contributed by atoms with E-state index in [2.05, 4.69) is 50.0 Å². The van der Waals surface area contributed by atoms with Gasteiger partial charge in [-0.25, -0.2) is 0 Å². The molecule has 0 saturated heterocycles. The van der Waals surface area contributed by atoms with Gasteiger partial charge >= 0.3 is 108 Å². The summed E-state index contributed by atoms with van der Waals surface area (Å²) < 4.78 is 0. The molecule has 2 radical (unpaired) electrons. The number of nitrogens with zero attached hydrogens (tertiary/aromatic N) is 2. The number of fused-ring (bicyclic) bond motifs is 1. The van der Waals surface area contributed by atoms with Crippen LogP contribution in [0, 0.1) is 0 Å². The molecule has 0 amide bonds. The van der Waals surface area contributed by atoms with Gasteiger partial charge in [-0.2, -0.15) is 0 Å². The zero-order chi connectivity index (χ0) is 11.7. The van der Waals surface area contributed by atoms with Gasteiger partial charge in [0.15, 0.2) is 0 Å². The molecule has 1 N–H and O–H groups in total. The molecule has 17 heavy (non-hydrogen) atoms. The number of aromatic amines is 1. The maximum absolute atomic E-state index is 4.38. The van der Waals surface area contributed by atoms with Crippen LogP contribution in [-0.2, 0) is 5.21 Å². The van der Waals surface area contributed by atoms with Crippen LogP contribution >= 0.6 is 0 Å². The summed E-state index contributed by atoms with van der Waals surface area (Å²) in [5.74, 6) is 0.956. The maximum atomic E-state index is 4.38. The van der Waals surface area contributed by atoms with Gasteiger partial charge in [0.1, 0.15) is 0 Å². The second-order valence-electron chi connectivity index (χ2n) is 3.80. The van der Waals surface area contributed by atoms with Crippen molar-refractivity contribution in [2.45, 2.75) is 5.21 Å². The van der Waals surface area contributed by atoms with Gasteiger partial charge < -0.3 is 0 Å². The summed E-state index contributed by atoms with van der Waals surface area (Å²) in [4.78, 5) is 12.0. The summed E-state index contributed by atoms with van der Waals surface area (Å²) >= 11 is 2.51. The summed E-state index contributed by atoms with van der Waals surface area (Å²) in [6.45, 7) is 0. The van der Waals surface area contributed by atoms with Crippen molar-refractivity contribution in [2.75, 3.05) is 0 Å². The Morgan fingerprint density at radius 1 is 1.12 bits per heavy atom. The molecule has 3 rings (SSSR count). The number of H-pyrrole nitrogens is 1. The fraction of sp³-hybridized carbons (Fsp3) is 0.0769. The van der Waals surface area contributed by atoms with Crippen molar-refractivity contribution in [1.82, 2.24) is 15.0 Å². The first-order chi connectivity index (χ1) is 8.36. The third kappa shape index (κ3) is 1.98. The topological polar surface area (TPSA) is 41.6 Å². The third-order valence-electron chi connectivity index (χ3n) is 2.64. The predicted octanol–water partition coefficient (Wildman–Crippen LogP) is 2.29. The predicted molar refractivity (Wildman–Crippen MR) is 68.8 cm³/mol. The van der Waals surface area contributed by atoms with Crippen LogP contribution < -0.4 is 0 Å². The van der Waals surface area contributed by atoms with Crippen molar-refractivity contribution in [3.63, 3.8) is 0 Å². The monoisotopic (exact) mass is 283 g/mol. The number of aromatic nitrogens is 3. The number of benzene rings is 1. The number of rotatable bonds is 2. The first-order valence-corrected chi connectivity index (χ1v) is 6.70. The third-order valence-corrected chi connectivity index (χ3v) is 3.27. The van der Waals surface area contributed by atoms with E-state index in [9.17, 15) is 0 Å². The van der Waals surface area contributed by atoms with Crippen molar-refractivity contribution < 1.29 is 0 Å². The Hall–Kier alpha value is -1.60. The standard InChI is InChI=1S/C13H10AsN3/c14-7-12-16-11-6-10(8-15-13(11)17-12)9-4-2-1-3-5-9/h1-6,8H,7H2,(H,15,16,17). The van der Waals surface area contributed by atoms with Gasteiger partial charge in [0.2, 0.25) is 0 Å². The van der Waals surface area contributed by atoms with Crippen LogP contribution in [0.25, 0.3) is 22.3 Å².